The number of aliphatic imine (C=N–C) groups is 1. The molecule has 0 aromatic rings. The Morgan fingerprint density at radius 2 is 1.81 bits per heavy atom. The summed E-state index contributed by atoms with van der Waals surface area (Å²) in [6.45, 7) is 11.7. The number of nitrogens with zero attached hydrogens (tertiary/aromatic N) is 1. The number of nitrogens with one attached hydrogen (secondary N) is 2. The van der Waals surface area contributed by atoms with Gasteiger partial charge in [-0.05, 0) is 44.9 Å². The second kappa shape index (κ2) is 16.8. The van der Waals surface area contributed by atoms with E-state index in [-0.39, 0.29) is 24.0 Å². The highest BCUT2D eigenvalue weighted by Crippen LogP contribution is 2.19. The molecule has 0 saturated carbocycles. The third kappa shape index (κ3) is 12.9. The molecule has 0 radical (unpaired) electrons. The van der Waals surface area contributed by atoms with Crippen LogP contribution in [0.5, 0.6) is 0 Å². The average molecular weight is 499 g/mol. The molecule has 6 nitrogen and oxygen atoms in total. The molecule has 1 aliphatic rings. The molecule has 1 rings (SSSR count). The van der Waals surface area contributed by atoms with E-state index in [0.29, 0.717) is 12.5 Å². The Bertz CT molecular complexity index is 371. The first-order valence-electron chi connectivity index (χ1n) is 10.5. The standard InChI is InChI=1S/C20H41N3O3.HI/c1-4-10-20(24,11-5-2)17-23-19(21-6-3)22-12-7-13-26-16-18-8-14-25-15-9-18;/h18,24H,4-17H2,1-3H3,(H2,21,22,23);1H. The number of hydrogen-bond donors (Lipinski definition) is 3. The molecular weight excluding hydrogens is 457 g/mol. The third-order valence-corrected chi connectivity index (χ3v) is 4.76. The van der Waals surface area contributed by atoms with Crippen molar-refractivity contribution in [3.63, 3.8) is 0 Å². The first-order valence-corrected chi connectivity index (χ1v) is 10.5. The Morgan fingerprint density at radius 1 is 1.15 bits per heavy atom. The summed E-state index contributed by atoms with van der Waals surface area (Å²) in [5.74, 6) is 1.44. The lowest BCUT2D eigenvalue weighted by atomic mass is 9.93. The van der Waals surface area contributed by atoms with Crippen molar-refractivity contribution in [3.05, 3.63) is 0 Å². The van der Waals surface area contributed by atoms with Crippen molar-refractivity contribution >= 4 is 29.9 Å². The number of halogens is 1. The zero-order chi connectivity index (χ0) is 19.1. The summed E-state index contributed by atoms with van der Waals surface area (Å²) >= 11 is 0. The maximum absolute atomic E-state index is 10.7. The number of guanidine groups is 1. The van der Waals surface area contributed by atoms with Gasteiger partial charge in [0.05, 0.1) is 12.1 Å². The lowest BCUT2D eigenvalue weighted by Gasteiger charge is -2.26. The SMILES string of the molecule is CCCC(O)(CCC)CN=C(NCC)NCCCOCC1CCOCC1.I. The molecule has 27 heavy (non-hydrogen) atoms. The molecule has 162 valence electrons. The minimum absolute atomic E-state index is 0. The van der Waals surface area contributed by atoms with E-state index in [1.165, 1.54) is 0 Å². The van der Waals surface area contributed by atoms with Crippen LogP contribution < -0.4 is 10.6 Å². The second-order valence-corrected chi connectivity index (χ2v) is 7.33. The van der Waals surface area contributed by atoms with E-state index < -0.39 is 5.60 Å². The van der Waals surface area contributed by atoms with E-state index in [1.54, 1.807) is 0 Å². The van der Waals surface area contributed by atoms with Crippen LogP contribution in [-0.2, 0) is 9.47 Å². The van der Waals surface area contributed by atoms with E-state index in [2.05, 4.69) is 36.4 Å². The van der Waals surface area contributed by atoms with Crippen LogP contribution in [0.4, 0.5) is 0 Å². The Morgan fingerprint density at radius 3 is 2.41 bits per heavy atom. The van der Waals surface area contributed by atoms with Crippen molar-refractivity contribution < 1.29 is 14.6 Å². The zero-order valence-electron chi connectivity index (χ0n) is 17.6. The fourth-order valence-corrected chi connectivity index (χ4v) is 3.33. The van der Waals surface area contributed by atoms with Crippen molar-refractivity contribution in [2.24, 2.45) is 10.9 Å². The number of aliphatic hydroxyl groups is 1. The van der Waals surface area contributed by atoms with Crippen LogP contribution in [0.2, 0.25) is 0 Å². The quantitative estimate of drug-likeness (QED) is 0.157. The molecule has 0 spiro atoms. The number of rotatable bonds is 13. The van der Waals surface area contributed by atoms with E-state index in [1.807, 2.05) is 0 Å². The summed E-state index contributed by atoms with van der Waals surface area (Å²) < 4.78 is 11.2. The maximum Gasteiger partial charge on any atom is 0.191 e. The van der Waals surface area contributed by atoms with Gasteiger partial charge in [-0.25, -0.2) is 0 Å². The van der Waals surface area contributed by atoms with Crippen LogP contribution in [0.1, 0.15) is 65.7 Å². The molecule has 0 unspecified atom stereocenters. The first kappa shape index (κ1) is 26.9. The summed E-state index contributed by atoms with van der Waals surface area (Å²) in [4.78, 5) is 4.60. The normalized spacial score (nSPS) is 16.1. The van der Waals surface area contributed by atoms with Crippen molar-refractivity contribution in [1.82, 2.24) is 10.6 Å². The van der Waals surface area contributed by atoms with Gasteiger partial charge in [0.25, 0.3) is 0 Å². The third-order valence-electron chi connectivity index (χ3n) is 4.76. The van der Waals surface area contributed by atoms with Gasteiger partial charge in [-0.3, -0.25) is 4.99 Å². The zero-order valence-corrected chi connectivity index (χ0v) is 19.9. The van der Waals surface area contributed by atoms with Gasteiger partial charge >= 0.3 is 0 Å². The highest BCUT2D eigenvalue weighted by Gasteiger charge is 2.24. The van der Waals surface area contributed by atoms with Gasteiger partial charge in [-0.15, -0.1) is 24.0 Å². The van der Waals surface area contributed by atoms with Crippen molar-refractivity contribution in [3.8, 4) is 0 Å². The van der Waals surface area contributed by atoms with Gasteiger partial charge < -0.3 is 25.2 Å². The maximum atomic E-state index is 10.7. The second-order valence-electron chi connectivity index (χ2n) is 7.33. The van der Waals surface area contributed by atoms with Crippen molar-refractivity contribution in [2.75, 3.05) is 46.1 Å². The van der Waals surface area contributed by atoms with Crippen LogP contribution in [0.25, 0.3) is 0 Å². The van der Waals surface area contributed by atoms with Gasteiger partial charge in [-0.2, -0.15) is 0 Å². The van der Waals surface area contributed by atoms with Crippen LogP contribution in [0.3, 0.4) is 0 Å². The summed E-state index contributed by atoms with van der Waals surface area (Å²) in [6.07, 6.45) is 6.72. The monoisotopic (exact) mass is 499 g/mol. The van der Waals surface area contributed by atoms with E-state index >= 15 is 0 Å². The molecular formula is C20H42IN3O3. The van der Waals surface area contributed by atoms with Crippen molar-refractivity contribution in [1.29, 1.82) is 0 Å². The predicted molar refractivity (Wildman–Crippen MR) is 123 cm³/mol. The van der Waals surface area contributed by atoms with Crippen LogP contribution >= 0.6 is 24.0 Å². The average Bonchev–Trinajstić information content (AvgIpc) is 2.64. The molecule has 1 saturated heterocycles. The fourth-order valence-electron chi connectivity index (χ4n) is 3.33. The fraction of sp³-hybridized carbons (Fsp3) is 0.950. The molecule has 1 aliphatic heterocycles. The summed E-state index contributed by atoms with van der Waals surface area (Å²) in [7, 11) is 0. The highest BCUT2D eigenvalue weighted by molar-refractivity contribution is 14.0. The molecule has 1 fully saturated rings. The minimum atomic E-state index is -0.682. The lowest BCUT2D eigenvalue weighted by Crippen LogP contribution is -2.40. The van der Waals surface area contributed by atoms with Crippen LogP contribution in [0.15, 0.2) is 4.99 Å². The minimum Gasteiger partial charge on any atom is -0.388 e. The van der Waals surface area contributed by atoms with Crippen molar-refractivity contribution in [2.45, 2.75) is 71.3 Å². The Hall–Kier alpha value is -0.120. The Kier molecular flexibility index (Phi) is 16.7. The molecule has 0 aromatic heterocycles. The molecule has 0 amide bonds. The molecule has 0 atom stereocenters. The first-order chi connectivity index (χ1) is 12.6. The smallest absolute Gasteiger partial charge is 0.191 e. The molecule has 7 heteroatoms. The predicted octanol–water partition coefficient (Wildman–Crippen LogP) is 3.32. The molecule has 0 aromatic carbocycles. The molecule has 1 heterocycles. The van der Waals surface area contributed by atoms with E-state index in [9.17, 15) is 5.11 Å². The summed E-state index contributed by atoms with van der Waals surface area (Å²) in [5.41, 5.74) is -0.682. The summed E-state index contributed by atoms with van der Waals surface area (Å²) in [6, 6.07) is 0. The number of ether oxygens (including phenoxy) is 2. The molecule has 0 aliphatic carbocycles. The van der Waals surface area contributed by atoms with Crippen LogP contribution in [0, 0.1) is 5.92 Å². The van der Waals surface area contributed by atoms with Gasteiger partial charge in [0.1, 0.15) is 0 Å². The van der Waals surface area contributed by atoms with Gasteiger partial charge in [-0.1, -0.05) is 26.7 Å². The molecule has 3 N–H and O–H groups in total. The van der Waals surface area contributed by atoms with E-state index in [0.717, 1.165) is 90.4 Å². The highest BCUT2D eigenvalue weighted by atomic mass is 127. The van der Waals surface area contributed by atoms with Gasteiger partial charge in [0.15, 0.2) is 5.96 Å². The Labute approximate surface area is 183 Å². The van der Waals surface area contributed by atoms with Gasteiger partial charge in [0.2, 0.25) is 0 Å². The summed E-state index contributed by atoms with van der Waals surface area (Å²) in [5, 5.41) is 17.3. The Balaban J connectivity index is 0.00000676. The van der Waals surface area contributed by atoms with Gasteiger partial charge in [0, 0.05) is 39.5 Å². The lowest BCUT2D eigenvalue weighted by molar-refractivity contribution is 0.0203. The largest absolute Gasteiger partial charge is 0.388 e. The van der Waals surface area contributed by atoms with E-state index in [4.69, 9.17) is 9.47 Å². The topological polar surface area (TPSA) is 75.1 Å². The van der Waals surface area contributed by atoms with Crippen LogP contribution in [-0.4, -0.2) is 62.7 Å². The molecule has 0 bridgehead atoms. The number of hydrogen-bond acceptors (Lipinski definition) is 4.